The Balaban J connectivity index is 2.85. The molecular formula is C10H13NO3. The SMILES string of the molecule is CC(Cc1cc(N)ccc1O)C(=O)O. The summed E-state index contributed by atoms with van der Waals surface area (Å²) in [4.78, 5) is 10.6. The van der Waals surface area contributed by atoms with E-state index in [9.17, 15) is 9.90 Å². The molecule has 0 aliphatic carbocycles. The Morgan fingerprint density at radius 1 is 1.57 bits per heavy atom. The third-order valence-electron chi connectivity index (χ3n) is 2.05. The first-order valence-corrected chi connectivity index (χ1v) is 4.31. The van der Waals surface area contributed by atoms with Gasteiger partial charge in [0.05, 0.1) is 5.92 Å². The van der Waals surface area contributed by atoms with E-state index in [2.05, 4.69) is 0 Å². The van der Waals surface area contributed by atoms with Crippen LogP contribution in [0.25, 0.3) is 0 Å². The predicted molar refractivity (Wildman–Crippen MR) is 53.0 cm³/mol. The minimum absolute atomic E-state index is 0.0901. The average molecular weight is 195 g/mol. The van der Waals surface area contributed by atoms with Crippen LogP contribution in [-0.4, -0.2) is 16.2 Å². The van der Waals surface area contributed by atoms with Gasteiger partial charge in [0.1, 0.15) is 5.75 Å². The van der Waals surface area contributed by atoms with Crippen molar-refractivity contribution in [2.24, 2.45) is 5.92 Å². The number of benzene rings is 1. The van der Waals surface area contributed by atoms with E-state index < -0.39 is 11.9 Å². The molecule has 4 heteroatoms. The number of carboxylic acid groups (broad SMARTS) is 1. The second kappa shape index (κ2) is 4.00. The summed E-state index contributed by atoms with van der Waals surface area (Å²) in [6, 6.07) is 4.64. The third-order valence-corrected chi connectivity index (χ3v) is 2.05. The highest BCUT2D eigenvalue weighted by atomic mass is 16.4. The zero-order valence-corrected chi connectivity index (χ0v) is 7.90. The van der Waals surface area contributed by atoms with Crippen molar-refractivity contribution < 1.29 is 15.0 Å². The van der Waals surface area contributed by atoms with Gasteiger partial charge in [-0.2, -0.15) is 0 Å². The second-order valence-corrected chi connectivity index (χ2v) is 3.33. The molecule has 0 aromatic heterocycles. The van der Waals surface area contributed by atoms with Crippen LogP contribution in [-0.2, 0) is 11.2 Å². The molecule has 1 aromatic rings. The van der Waals surface area contributed by atoms with Gasteiger partial charge < -0.3 is 15.9 Å². The quantitative estimate of drug-likeness (QED) is 0.500. The Hall–Kier alpha value is -1.71. The summed E-state index contributed by atoms with van der Waals surface area (Å²) in [5.41, 5.74) is 6.61. The summed E-state index contributed by atoms with van der Waals surface area (Å²) in [6.07, 6.45) is 0.284. The predicted octanol–water partition coefficient (Wildman–Crippen LogP) is 1.24. The van der Waals surface area contributed by atoms with Crippen molar-refractivity contribution in [3.05, 3.63) is 23.8 Å². The van der Waals surface area contributed by atoms with Crippen molar-refractivity contribution in [3.63, 3.8) is 0 Å². The topological polar surface area (TPSA) is 83.5 Å². The Morgan fingerprint density at radius 2 is 2.21 bits per heavy atom. The van der Waals surface area contributed by atoms with Crippen LogP contribution >= 0.6 is 0 Å². The third kappa shape index (κ3) is 2.39. The Labute approximate surface area is 82.0 Å². The smallest absolute Gasteiger partial charge is 0.306 e. The highest BCUT2D eigenvalue weighted by Crippen LogP contribution is 2.22. The maximum atomic E-state index is 10.6. The molecule has 76 valence electrons. The van der Waals surface area contributed by atoms with Crippen LogP contribution in [0.15, 0.2) is 18.2 Å². The van der Waals surface area contributed by atoms with Crippen molar-refractivity contribution in [3.8, 4) is 5.75 Å². The fourth-order valence-electron chi connectivity index (χ4n) is 1.19. The number of rotatable bonds is 3. The van der Waals surface area contributed by atoms with Crippen molar-refractivity contribution in [1.29, 1.82) is 0 Å². The maximum absolute atomic E-state index is 10.6. The molecule has 14 heavy (non-hydrogen) atoms. The molecule has 1 rings (SSSR count). The van der Waals surface area contributed by atoms with E-state index in [1.54, 1.807) is 19.1 Å². The zero-order chi connectivity index (χ0) is 10.7. The molecule has 0 saturated heterocycles. The molecule has 1 aromatic carbocycles. The van der Waals surface area contributed by atoms with Gasteiger partial charge in [0.15, 0.2) is 0 Å². The molecule has 0 amide bonds. The number of hydrogen-bond acceptors (Lipinski definition) is 3. The second-order valence-electron chi connectivity index (χ2n) is 3.33. The van der Waals surface area contributed by atoms with Crippen LogP contribution in [0.3, 0.4) is 0 Å². The lowest BCUT2D eigenvalue weighted by Crippen LogP contribution is -2.12. The van der Waals surface area contributed by atoms with E-state index in [1.165, 1.54) is 6.07 Å². The van der Waals surface area contributed by atoms with E-state index in [4.69, 9.17) is 10.8 Å². The molecule has 0 fully saturated rings. The van der Waals surface area contributed by atoms with Gasteiger partial charge in [-0.05, 0) is 30.2 Å². The Morgan fingerprint density at radius 3 is 2.79 bits per heavy atom. The van der Waals surface area contributed by atoms with E-state index in [0.29, 0.717) is 11.3 Å². The van der Waals surface area contributed by atoms with Gasteiger partial charge in [-0.3, -0.25) is 4.79 Å². The highest BCUT2D eigenvalue weighted by molar-refractivity contribution is 5.70. The van der Waals surface area contributed by atoms with Crippen LogP contribution < -0.4 is 5.73 Å². The molecule has 1 atom stereocenters. The summed E-state index contributed by atoms with van der Waals surface area (Å²) in [5, 5.41) is 18.1. The first-order valence-electron chi connectivity index (χ1n) is 4.31. The largest absolute Gasteiger partial charge is 0.508 e. The number of nitrogens with two attached hydrogens (primary N) is 1. The molecule has 0 heterocycles. The van der Waals surface area contributed by atoms with Crippen molar-refractivity contribution in [2.45, 2.75) is 13.3 Å². The molecule has 0 saturated carbocycles. The minimum Gasteiger partial charge on any atom is -0.508 e. The normalized spacial score (nSPS) is 12.4. The van der Waals surface area contributed by atoms with Gasteiger partial charge in [-0.15, -0.1) is 0 Å². The molecule has 0 spiro atoms. The number of carbonyl (C=O) groups is 1. The number of aliphatic carboxylic acids is 1. The van der Waals surface area contributed by atoms with E-state index >= 15 is 0 Å². The summed E-state index contributed by atoms with van der Waals surface area (Å²) in [7, 11) is 0. The summed E-state index contributed by atoms with van der Waals surface area (Å²) in [5.74, 6) is -1.32. The number of phenols is 1. The molecular weight excluding hydrogens is 182 g/mol. The molecule has 1 unspecified atom stereocenters. The van der Waals surface area contributed by atoms with Crippen LogP contribution in [0.5, 0.6) is 5.75 Å². The number of nitrogen functional groups attached to an aromatic ring is 1. The maximum Gasteiger partial charge on any atom is 0.306 e. The lowest BCUT2D eigenvalue weighted by Gasteiger charge is -2.08. The number of aromatic hydroxyl groups is 1. The standard InChI is InChI=1S/C10H13NO3/c1-6(10(13)14)4-7-5-8(11)2-3-9(7)12/h2-3,5-6,12H,4,11H2,1H3,(H,13,14). The van der Waals surface area contributed by atoms with Crippen LogP contribution in [0, 0.1) is 5.92 Å². The number of anilines is 1. The van der Waals surface area contributed by atoms with E-state index in [0.717, 1.165) is 0 Å². The highest BCUT2D eigenvalue weighted by Gasteiger charge is 2.13. The van der Waals surface area contributed by atoms with E-state index in [1.807, 2.05) is 0 Å². The molecule has 0 radical (unpaired) electrons. The number of hydrogen-bond donors (Lipinski definition) is 3. The first kappa shape index (κ1) is 10.4. The fraction of sp³-hybridized carbons (Fsp3) is 0.300. The molecule has 4 N–H and O–H groups in total. The molecule has 4 nitrogen and oxygen atoms in total. The van der Waals surface area contributed by atoms with Gasteiger partial charge in [0.2, 0.25) is 0 Å². The Kier molecular flexibility index (Phi) is 2.96. The van der Waals surface area contributed by atoms with Crippen LogP contribution in [0.1, 0.15) is 12.5 Å². The molecule has 0 aliphatic heterocycles. The van der Waals surface area contributed by atoms with Crippen LogP contribution in [0.2, 0.25) is 0 Å². The lowest BCUT2D eigenvalue weighted by molar-refractivity contribution is -0.141. The Bertz CT molecular complexity index is 349. The van der Waals surface area contributed by atoms with Gasteiger partial charge >= 0.3 is 5.97 Å². The molecule has 0 bridgehead atoms. The zero-order valence-electron chi connectivity index (χ0n) is 7.90. The number of carboxylic acids is 1. The van der Waals surface area contributed by atoms with Gasteiger partial charge in [0.25, 0.3) is 0 Å². The summed E-state index contributed by atoms with van der Waals surface area (Å²) < 4.78 is 0. The molecule has 0 aliphatic rings. The van der Waals surface area contributed by atoms with Gasteiger partial charge in [-0.1, -0.05) is 6.92 Å². The van der Waals surface area contributed by atoms with Gasteiger partial charge in [0, 0.05) is 5.69 Å². The monoisotopic (exact) mass is 195 g/mol. The average Bonchev–Trinajstić information content (AvgIpc) is 2.11. The van der Waals surface area contributed by atoms with Gasteiger partial charge in [-0.25, -0.2) is 0 Å². The van der Waals surface area contributed by atoms with Crippen molar-refractivity contribution in [2.75, 3.05) is 5.73 Å². The summed E-state index contributed by atoms with van der Waals surface area (Å²) >= 11 is 0. The fourth-order valence-corrected chi connectivity index (χ4v) is 1.19. The minimum atomic E-state index is -0.883. The number of phenolic OH excluding ortho intramolecular Hbond substituents is 1. The van der Waals surface area contributed by atoms with E-state index in [-0.39, 0.29) is 12.2 Å². The lowest BCUT2D eigenvalue weighted by atomic mass is 10.0. The first-order chi connectivity index (χ1) is 6.50. The van der Waals surface area contributed by atoms with Crippen molar-refractivity contribution >= 4 is 11.7 Å². The summed E-state index contributed by atoms with van der Waals surface area (Å²) in [6.45, 7) is 1.59. The van der Waals surface area contributed by atoms with Crippen molar-refractivity contribution in [1.82, 2.24) is 0 Å². The van der Waals surface area contributed by atoms with Crippen LogP contribution in [0.4, 0.5) is 5.69 Å².